The van der Waals surface area contributed by atoms with Gasteiger partial charge >= 0.3 is 0 Å². The number of aromatic nitrogens is 2. The number of hydrogen-bond donors (Lipinski definition) is 1. The lowest BCUT2D eigenvalue weighted by atomic mass is 10.1. The molecule has 6 heteroatoms. The van der Waals surface area contributed by atoms with Crippen molar-refractivity contribution < 1.29 is 4.79 Å². The number of amides is 1. The fraction of sp³-hybridized carbons (Fsp3) is 0.500. The van der Waals surface area contributed by atoms with Crippen LogP contribution in [0.4, 0.5) is 0 Å². The van der Waals surface area contributed by atoms with Gasteiger partial charge in [-0.15, -0.1) is 0 Å². The summed E-state index contributed by atoms with van der Waals surface area (Å²) < 4.78 is 3.78. The second-order valence-electron chi connectivity index (χ2n) is 8.28. The third kappa shape index (κ3) is 3.54. The minimum Gasteiger partial charge on any atom is -0.351 e. The molecule has 1 aromatic carbocycles. The summed E-state index contributed by atoms with van der Waals surface area (Å²) in [6, 6.07) is 8.13. The number of pyridine rings is 1. The number of aryl methyl sites for hydroxylation is 1. The van der Waals surface area contributed by atoms with E-state index in [1.807, 2.05) is 46.6 Å². The van der Waals surface area contributed by atoms with Gasteiger partial charge in [0.15, 0.2) is 0 Å². The minimum absolute atomic E-state index is 0.00953. The van der Waals surface area contributed by atoms with Crippen LogP contribution in [0.3, 0.4) is 0 Å². The smallest absolute Gasteiger partial charge is 0.275 e. The number of para-hydroxylation sites is 1. The number of nitrogens with zero attached hydrogens (tertiary/aromatic N) is 3. The first-order chi connectivity index (χ1) is 14.6. The summed E-state index contributed by atoms with van der Waals surface area (Å²) in [7, 11) is 1.92. The molecule has 1 amide bonds. The van der Waals surface area contributed by atoms with Gasteiger partial charge in [0.1, 0.15) is 5.52 Å². The lowest BCUT2D eigenvalue weighted by molar-refractivity contribution is 0.0949. The number of rotatable bonds is 7. The van der Waals surface area contributed by atoms with Gasteiger partial charge < -0.3 is 19.4 Å². The van der Waals surface area contributed by atoms with Crippen LogP contribution in [-0.2, 0) is 7.05 Å². The molecule has 1 saturated carbocycles. The Hall–Kier alpha value is -2.60. The van der Waals surface area contributed by atoms with Crippen molar-refractivity contribution in [2.45, 2.75) is 45.6 Å². The Labute approximate surface area is 177 Å². The molecule has 160 valence electrons. The zero-order chi connectivity index (χ0) is 21.3. The van der Waals surface area contributed by atoms with E-state index in [2.05, 4.69) is 24.1 Å². The van der Waals surface area contributed by atoms with Crippen molar-refractivity contribution in [1.29, 1.82) is 0 Å². The normalized spacial score (nSPS) is 14.9. The van der Waals surface area contributed by atoms with E-state index in [0.717, 1.165) is 61.6 Å². The molecule has 0 atom stereocenters. The highest BCUT2D eigenvalue weighted by molar-refractivity contribution is 6.17. The second-order valence-corrected chi connectivity index (χ2v) is 8.28. The Bertz CT molecular complexity index is 1120. The van der Waals surface area contributed by atoms with E-state index in [9.17, 15) is 9.59 Å². The maximum atomic E-state index is 13.5. The number of carbonyl (C=O) groups is 1. The van der Waals surface area contributed by atoms with Gasteiger partial charge in [0.25, 0.3) is 11.5 Å². The van der Waals surface area contributed by atoms with Crippen LogP contribution < -0.4 is 10.9 Å². The number of likely N-dealkylation sites (N-methyl/N-ethyl adjacent to an activating group) is 1. The molecule has 2 aromatic heterocycles. The van der Waals surface area contributed by atoms with Gasteiger partial charge in [-0.3, -0.25) is 9.59 Å². The number of carbonyl (C=O) groups excluding carboxylic acids is 1. The van der Waals surface area contributed by atoms with Gasteiger partial charge in [0.2, 0.25) is 0 Å². The molecule has 0 aliphatic heterocycles. The predicted octanol–water partition coefficient (Wildman–Crippen LogP) is 3.68. The molecule has 2 heterocycles. The average Bonchev–Trinajstić information content (AvgIpc) is 3.39. The molecule has 6 nitrogen and oxygen atoms in total. The van der Waals surface area contributed by atoms with Crippen molar-refractivity contribution in [3.8, 4) is 0 Å². The molecule has 30 heavy (non-hydrogen) atoms. The summed E-state index contributed by atoms with van der Waals surface area (Å²) >= 11 is 0. The zero-order valence-corrected chi connectivity index (χ0v) is 18.3. The lowest BCUT2D eigenvalue weighted by Gasteiger charge is -2.19. The van der Waals surface area contributed by atoms with Crippen molar-refractivity contribution in [2.75, 3.05) is 26.2 Å². The van der Waals surface area contributed by atoms with E-state index in [0.29, 0.717) is 17.6 Å². The van der Waals surface area contributed by atoms with E-state index in [4.69, 9.17) is 0 Å². The quantitative estimate of drug-likeness (QED) is 0.649. The topological polar surface area (TPSA) is 59.3 Å². The van der Waals surface area contributed by atoms with Gasteiger partial charge in [-0.25, -0.2) is 0 Å². The molecule has 4 rings (SSSR count). The van der Waals surface area contributed by atoms with E-state index in [1.54, 1.807) is 0 Å². The van der Waals surface area contributed by atoms with Crippen LogP contribution in [0.15, 0.2) is 35.3 Å². The summed E-state index contributed by atoms with van der Waals surface area (Å²) in [6.07, 6.45) is 6.09. The minimum atomic E-state index is -0.102. The third-order valence-corrected chi connectivity index (χ3v) is 6.65. The summed E-state index contributed by atoms with van der Waals surface area (Å²) in [4.78, 5) is 29.0. The highest BCUT2D eigenvalue weighted by Crippen LogP contribution is 2.32. The van der Waals surface area contributed by atoms with E-state index >= 15 is 0 Å². The summed E-state index contributed by atoms with van der Waals surface area (Å²) in [5, 5.41) is 4.83. The molecule has 1 fully saturated rings. The Balaban J connectivity index is 1.82. The van der Waals surface area contributed by atoms with Gasteiger partial charge in [0.05, 0.1) is 5.56 Å². The standard InChI is InChI=1S/C24H32N4O2/c1-4-27(5-2)15-14-25-23(29)19-16-28(17-10-6-7-11-17)24(30)22-21(19)18-12-8-9-13-20(18)26(22)3/h8-9,12-13,16-17H,4-7,10-11,14-15H2,1-3H3,(H,25,29). The zero-order valence-electron chi connectivity index (χ0n) is 18.3. The van der Waals surface area contributed by atoms with Crippen molar-refractivity contribution >= 4 is 27.7 Å². The fourth-order valence-corrected chi connectivity index (χ4v) is 4.89. The first kappa shape index (κ1) is 20.7. The average molecular weight is 409 g/mol. The fourth-order valence-electron chi connectivity index (χ4n) is 4.89. The maximum Gasteiger partial charge on any atom is 0.275 e. The van der Waals surface area contributed by atoms with Crippen LogP contribution in [0, 0.1) is 0 Å². The number of benzene rings is 1. The largest absolute Gasteiger partial charge is 0.351 e. The first-order valence-corrected chi connectivity index (χ1v) is 11.2. The Morgan fingerprint density at radius 3 is 2.57 bits per heavy atom. The van der Waals surface area contributed by atoms with Crippen LogP contribution in [0.2, 0.25) is 0 Å². The molecule has 0 radical (unpaired) electrons. The first-order valence-electron chi connectivity index (χ1n) is 11.2. The molecule has 1 aliphatic carbocycles. The Morgan fingerprint density at radius 1 is 1.17 bits per heavy atom. The molecule has 1 N–H and O–H groups in total. The highest BCUT2D eigenvalue weighted by atomic mass is 16.2. The molecule has 0 unspecified atom stereocenters. The monoisotopic (exact) mass is 408 g/mol. The molecule has 0 bridgehead atoms. The van der Waals surface area contributed by atoms with E-state index < -0.39 is 0 Å². The highest BCUT2D eigenvalue weighted by Gasteiger charge is 2.25. The molecular formula is C24H32N4O2. The molecule has 0 saturated heterocycles. The molecule has 3 aromatic rings. The van der Waals surface area contributed by atoms with Gasteiger partial charge in [-0.05, 0) is 32.0 Å². The predicted molar refractivity (Wildman–Crippen MR) is 122 cm³/mol. The van der Waals surface area contributed by atoms with Gasteiger partial charge in [-0.2, -0.15) is 0 Å². The van der Waals surface area contributed by atoms with Gasteiger partial charge in [0, 0.05) is 48.7 Å². The molecule has 0 spiro atoms. The van der Waals surface area contributed by atoms with Crippen molar-refractivity contribution in [3.63, 3.8) is 0 Å². The summed E-state index contributed by atoms with van der Waals surface area (Å²) in [5.74, 6) is -0.102. The number of hydrogen-bond acceptors (Lipinski definition) is 3. The summed E-state index contributed by atoms with van der Waals surface area (Å²) in [6.45, 7) is 7.60. The Morgan fingerprint density at radius 2 is 1.87 bits per heavy atom. The summed E-state index contributed by atoms with van der Waals surface area (Å²) in [5.41, 5.74) is 2.22. The van der Waals surface area contributed by atoms with Crippen molar-refractivity contribution in [3.05, 3.63) is 46.4 Å². The van der Waals surface area contributed by atoms with E-state index in [1.165, 1.54) is 0 Å². The molecular weight excluding hydrogens is 376 g/mol. The lowest BCUT2D eigenvalue weighted by Crippen LogP contribution is -2.35. The Kier molecular flexibility index (Phi) is 5.95. The van der Waals surface area contributed by atoms with Crippen LogP contribution in [0.25, 0.3) is 21.8 Å². The third-order valence-electron chi connectivity index (χ3n) is 6.65. The van der Waals surface area contributed by atoms with E-state index in [-0.39, 0.29) is 17.5 Å². The van der Waals surface area contributed by atoms with Crippen LogP contribution in [-0.4, -0.2) is 46.1 Å². The maximum absolute atomic E-state index is 13.5. The number of fused-ring (bicyclic) bond motifs is 3. The van der Waals surface area contributed by atoms with Crippen LogP contribution in [0.5, 0.6) is 0 Å². The second kappa shape index (κ2) is 8.64. The number of nitrogens with one attached hydrogen (secondary N) is 1. The van der Waals surface area contributed by atoms with Crippen LogP contribution in [0.1, 0.15) is 55.9 Å². The van der Waals surface area contributed by atoms with Gasteiger partial charge in [-0.1, -0.05) is 44.9 Å². The SMILES string of the molecule is CCN(CC)CCNC(=O)c1cn(C2CCCC2)c(=O)c2c1c1ccccc1n2C. The van der Waals surface area contributed by atoms with Crippen molar-refractivity contribution in [1.82, 2.24) is 19.4 Å². The van der Waals surface area contributed by atoms with Crippen molar-refractivity contribution in [2.24, 2.45) is 7.05 Å². The van der Waals surface area contributed by atoms with Crippen LogP contribution >= 0.6 is 0 Å². The molecule has 1 aliphatic rings.